The minimum atomic E-state index is -4.26. The molecular weight excluding hydrogens is 562 g/mol. The Kier molecular flexibility index (Phi) is 7.07. The van der Waals surface area contributed by atoms with Crippen molar-refractivity contribution >= 4 is 41.1 Å². The van der Waals surface area contributed by atoms with Gasteiger partial charge in [-0.3, -0.25) is 9.78 Å². The summed E-state index contributed by atoms with van der Waals surface area (Å²) in [4.78, 5) is 28.6. The zero-order chi connectivity index (χ0) is 27.3. The summed E-state index contributed by atoms with van der Waals surface area (Å²) >= 11 is 12.4. The van der Waals surface area contributed by atoms with Crippen LogP contribution >= 0.6 is 23.2 Å². The molecule has 2 heterocycles. The molecule has 37 heavy (non-hydrogen) atoms. The van der Waals surface area contributed by atoms with Gasteiger partial charge in [0.05, 0.1) is 28.0 Å². The van der Waals surface area contributed by atoms with Crippen LogP contribution < -0.4 is 20.7 Å². The summed E-state index contributed by atoms with van der Waals surface area (Å²) in [6, 6.07) is 3.07. The van der Waals surface area contributed by atoms with Crippen LogP contribution in [0, 0.1) is 0 Å². The number of sulfonamides is 1. The van der Waals surface area contributed by atoms with Crippen molar-refractivity contribution < 1.29 is 32.1 Å². The number of pyridine rings is 1. The standard InChI is InChI=1S/C19H16BCl2F2N5O7S/c20-19(4-8(30)5-19)28-37(34,35)12-3-13(25-6-11(12)31)36-15-9(21)1-7(2-10(15)22)29-18(33)26-17(32)14(27-29)16(23)24/h1-3,6,8,16,28,30-31H,4-5,20H2,(H,26,32,33)/t8-,19+. The number of aromatic nitrogens is 4. The number of aromatic hydroxyl groups is 1. The number of aliphatic hydroxyl groups is 1. The maximum atomic E-state index is 13.0. The van der Waals surface area contributed by atoms with Crippen LogP contribution in [0.2, 0.25) is 10.0 Å². The number of hydrogen-bond acceptors (Lipinski definition) is 9. The van der Waals surface area contributed by atoms with Crippen LogP contribution in [-0.2, 0) is 10.0 Å². The van der Waals surface area contributed by atoms with E-state index in [4.69, 9.17) is 27.9 Å². The fourth-order valence-corrected chi connectivity index (χ4v) is 5.79. The van der Waals surface area contributed by atoms with Gasteiger partial charge in [-0.15, -0.1) is 0 Å². The van der Waals surface area contributed by atoms with Crippen molar-refractivity contribution in [1.29, 1.82) is 0 Å². The largest absolute Gasteiger partial charge is 0.505 e. The lowest BCUT2D eigenvalue weighted by Gasteiger charge is -2.42. The number of ether oxygens (including phenoxy) is 1. The Hall–Kier alpha value is -3.05. The van der Waals surface area contributed by atoms with Crippen molar-refractivity contribution in [3.05, 3.63) is 61.0 Å². The summed E-state index contributed by atoms with van der Waals surface area (Å²) in [7, 11) is -2.67. The molecule has 196 valence electrons. The molecule has 0 atom stereocenters. The Bertz CT molecular complexity index is 1590. The molecule has 1 fully saturated rings. The molecule has 4 N–H and O–H groups in total. The van der Waals surface area contributed by atoms with Gasteiger partial charge in [-0.1, -0.05) is 23.2 Å². The van der Waals surface area contributed by atoms with Crippen molar-refractivity contribution in [1.82, 2.24) is 24.5 Å². The Balaban J connectivity index is 1.66. The van der Waals surface area contributed by atoms with E-state index in [1.54, 1.807) is 12.8 Å². The summed E-state index contributed by atoms with van der Waals surface area (Å²) in [5.74, 6) is -1.26. The number of rotatable bonds is 7. The van der Waals surface area contributed by atoms with Crippen LogP contribution in [0.3, 0.4) is 0 Å². The highest BCUT2D eigenvalue weighted by Gasteiger charge is 2.42. The van der Waals surface area contributed by atoms with Gasteiger partial charge in [0.25, 0.3) is 12.0 Å². The van der Waals surface area contributed by atoms with Crippen LogP contribution in [0.25, 0.3) is 5.69 Å². The average Bonchev–Trinajstić information content (AvgIpc) is 2.75. The van der Waals surface area contributed by atoms with Crippen molar-refractivity contribution in [2.45, 2.75) is 35.7 Å². The number of nitrogens with zero attached hydrogens (tertiary/aromatic N) is 3. The molecule has 1 aromatic carbocycles. The smallest absolute Gasteiger partial charge is 0.349 e. The number of hydrogen-bond donors (Lipinski definition) is 4. The number of H-pyrrole nitrogens is 1. The molecule has 12 nitrogen and oxygen atoms in total. The van der Waals surface area contributed by atoms with Crippen LogP contribution in [-0.4, -0.2) is 57.8 Å². The van der Waals surface area contributed by atoms with Crippen LogP contribution in [0.5, 0.6) is 17.4 Å². The summed E-state index contributed by atoms with van der Waals surface area (Å²) in [6.07, 6.45) is -2.71. The minimum Gasteiger partial charge on any atom is -0.505 e. The third kappa shape index (κ3) is 5.47. The molecule has 0 unspecified atom stereocenters. The molecule has 0 saturated heterocycles. The van der Waals surface area contributed by atoms with Gasteiger partial charge in [-0.25, -0.2) is 31.7 Å². The third-order valence-corrected chi connectivity index (χ3v) is 7.59. The van der Waals surface area contributed by atoms with E-state index in [2.05, 4.69) is 14.8 Å². The number of aromatic amines is 1. The highest BCUT2D eigenvalue weighted by molar-refractivity contribution is 7.89. The number of nitrogens with one attached hydrogen (secondary N) is 2. The predicted octanol–water partition coefficient (Wildman–Crippen LogP) is 0.820. The Morgan fingerprint density at radius 3 is 2.43 bits per heavy atom. The normalized spacial score (nSPS) is 19.6. The van der Waals surface area contributed by atoms with Gasteiger partial charge in [-0.2, -0.15) is 9.78 Å². The molecule has 0 spiro atoms. The fourth-order valence-electron chi connectivity index (χ4n) is 3.73. The molecule has 3 aromatic rings. The summed E-state index contributed by atoms with van der Waals surface area (Å²) in [6.45, 7) is 0. The second-order valence-corrected chi connectivity index (χ2v) is 10.9. The Morgan fingerprint density at radius 2 is 1.86 bits per heavy atom. The number of alkyl halides is 2. The zero-order valence-corrected chi connectivity index (χ0v) is 20.9. The first-order valence-corrected chi connectivity index (χ1v) is 12.5. The summed E-state index contributed by atoms with van der Waals surface area (Å²) in [5.41, 5.74) is -4.78. The van der Waals surface area contributed by atoms with Crippen molar-refractivity contribution in [2.75, 3.05) is 0 Å². The summed E-state index contributed by atoms with van der Waals surface area (Å²) < 4.78 is 60.1. The van der Waals surface area contributed by atoms with E-state index >= 15 is 0 Å². The van der Waals surface area contributed by atoms with Crippen molar-refractivity contribution in [2.24, 2.45) is 0 Å². The molecule has 1 aliphatic rings. The van der Waals surface area contributed by atoms with Gasteiger partial charge in [0.15, 0.2) is 17.2 Å². The predicted molar refractivity (Wildman–Crippen MR) is 128 cm³/mol. The number of benzene rings is 1. The number of aliphatic hydroxyl groups excluding tert-OH is 1. The quantitative estimate of drug-likeness (QED) is 0.296. The topological polar surface area (TPSA) is 176 Å². The van der Waals surface area contributed by atoms with Gasteiger partial charge < -0.3 is 14.9 Å². The van der Waals surface area contributed by atoms with E-state index in [1.807, 2.05) is 0 Å². The lowest BCUT2D eigenvalue weighted by Crippen LogP contribution is -2.59. The van der Waals surface area contributed by atoms with Crippen molar-refractivity contribution in [3.63, 3.8) is 0 Å². The Morgan fingerprint density at radius 1 is 1.24 bits per heavy atom. The summed E-state index contributed by atoms with van der Waals surface area (Å²) in [5, 5.41) is 22.5. The fraction of sp³-hybridized carbons (Fsp3) is 0.263. The maximum absolute atomic E-state index is 13.0. The van der Waals surface area contributed by atoms with E-state index in [0.717, 1.165) is 24.4 Å². The maximum Gasteiger partial charge on any atom is 0.349 e. The molecule has 18 heteroatoms. The highest BCUT2D eigenvalue weighted by Crippen LogP contribution is 2.39. The van der Waals surface area contributed by atoms with Gasteiger partial charge >= 0.3 is 5.69 Å². The average molecular weight is 578 g/mol. The van der Waals surface area contributed by atoms with E-state index in [-0.39, 0.29) is 40.2 Å². The monoisotopic (exact) mass is 577 g/mol. The third-order valence-electron chi connectivity index (χ3n) is 5.36. The second kappa shape index (κ2) is 9.68. The molecule has 1 saturated carbocycles. The van der Waals surface area contributed by atoms with E-state index in [1.165, 1.54) is 0 Å². The first-order chi connectivity index (χ1) is 17.2. The van der Waals surface area contributed by atoms with Crippen molar-refractivity contribution in [3.8, 4) is 23.1 Å². The first kappa shape index (κ1) is 27.0. The highest BCUT2D eigenvalue weighted by atomic mass is 35.5. The van der Waals surface area contributed by atoms with E-state index in [9.17, 15) is 37.0 Å². The van der Waals surface area contributed by atoms with E-state index in [0.29, 0.717) is 4.68 Å². The molecule has 1 aliphatic carbocycles. The minimum absolute atomic E-state index is 0.186. The van der Waals surface area contributed by atoms with Gasteiger partial charge in [0, 0.05) is 11.5 Å². The first-order valence-electron chi connectivity index (χ1n) is 10.3. The molecule has 0 aliphatic heterocycles. The van der Waals surface area contributed by atoms with Crippen LogP contribution in [0.15, 0.2) is 38.9 Å². The number of halogens is 4. The van der Waals surface area contributed by atoms with Crippen LogP contribution in [0.4, 0.5) is 8.78 Å². The SMILES string of the molecule is B[C@]1(NS(=O)(=O)c2cc(Oc3c(Cl)cc(-n4nc(C(F)F)c(=O)[nH]c4=O)cc3Cl)ncc2O)C[C@@H](O)C1. The Labute approximate surface area is 217 Å². The zero-order valence-electron chi connectivity index (χ0n) is 18.6. The molecule has 0 bridgehead atoms. The molecule has 4 rings (SSSR count). The molecule has 2 aromatic heterocycles. The van der Waals surface area contributed by atoms with Gasteiger partial charge in [0.2, 0.25) is 15.9 Å². The van der Waals surface area contributed by atoms with Gasteiger partial charge in [-0.05, 0) is 25.0 Å². The molecular formula is C19H16BCl2F2N5O7S. The lowest BCUT2D eigenvalue weighted by molar-refractivity contribution is 0.0532. The van der Waals surface area contributed by atoms with Gasteiger partial charge in [0.1, 0.15) is 12.7 Å². The second-order valence-electron chi connectivity index (χ2n) is 8.42. The molecule has 0 amide bonds. The van der Waals surface area contributed by atoms with Crippen LogP contribution in [0.1, 0.15) is 25.0 Å². The molecule has 0 radical (unpaired) electrons. The van der Waals surface area contributed by atoms with E-state index < -0.39 is 55.6 Å². The lowest BCUT2D eigenvalue weighted by atomic mass is 9.62.